The van der Waals surface area contributed by atoms with Gasteiger partial charge in [0.25, 0.3) is 0 Å². The van der Waals surface area contributed by atoms with E-state index in [-0.39, 0.29) is 0 Å². The summed E-state index contributed by atoms with van der Waals surface area (Å²) in [5.41, 5.74) is 7.61. The van der Waals surface area contributed by atoms with E-state index in [0.29, 0.717) is 12.4 Å². The SMILES string of the molecule is CCCc1c(N)ncnc1NCc1ccon1. The van der Waals surface area contributed by atoms with Gasteiger partial charge in [-0.1, -0.05) is 18.5 Å². The van der Waals surface area contributed by atoms with Crippen molar-refractivity contribution in [3.8, 4) is 0 Å². The van der Waals surface area contributed by atoms with Crippen LogP contribution in [0.25, 0.3) is 0 Å². The van der Waals surface area contributed by atoms with Gasteiger partial charge in [-0.15, -0.1) is 0 Å². The van der Waals surface area contributed by atoms with Crippen LogP contribution in [0.5, 0.6) is 0 Å². The zero-order valence-electron chi connectivity index (χ0n) is 9.68. The summed E-state index contributed by atoms with van der Waals surface area (Å²) in [6.45, 7) is 2.65. The van der Waals surface area contributed by atoms with Crippen molar-refractivity contribution in [3.05, 3.63) is 29.9 Å². The second kappa shape index (κ2) is 5.29. The van der Waals surface area contributed by atoms with E-state index >= 15 is 0 Å². The minimum absolute atomic E-state index is 0.532. The third kappa shape index (κ3) is 2.72. The Morgan fingerprint density at radius 1 is 1.41 bits per heavy atom. The van der Waals surface area contributed by atoms with E-state index in [2.05, 4.69) is 27.4 Å². The molecule has 0 atom stereocenters. The topological polar surface area (TPSA) is 89.9 Å². The fourth-order valence-electron chi connectivity index (χ4n) is 1.58. The largest absolute Gasteiger partial charge is 0.383 e. The monoisotopic (exact) mass is 233 g/mol. The summed E-state index contributed by atoms with van der Waals surface area (Å²) < 4.78 is 4.76. The number of aromatic nitrogens is 3. The van der Waals surface area contributed by atoms with Gasteiger partial charge >= 0.3 is 0 Å². The van der Waals surface area contributed by atoms with Crippen LogP contribution in [0.4, 0.5) is 11.6 Å². The lowest BCUT2D eigenvalue weighted by Gasteiger charge is -2.10. The quantitative estimate of drug-likeness (QED) is 0.815. The van der Waals surface area contributed by atoms with Gasteiger partial charge in [0.1, 0.15) is 29.9 Å². The minimum atomic E-state index is 0.532. The maximum Gasteiger partial charge on any atom is 0.135 e. The van der Waals surface area contributed by atoms with E-state index < -0.39 is 0 Å². The van der Waals surface area contributed by atoms with Crippen LogP contribution in [-0.2, 0) is 13.0 Å². The van der Waals surface area contributed by atoms with Gasteiger partial charge in [0.2, 0.25) is 0 Å². The Kier molecular flexibility index (Phi) is 3.54. The standard InChI is InChI=1S/C11H15N5O/c1-2-3-9-10(12)14-7-15-11(9)13-6-8-4-5-17-16-8/h4-5,7H,2-3,6H2,1H3,(H3,12,13,14,15). The fraction of sp³-hybridized carbons (Fsp3) is 0.364. The molecule has 6 heteroatoms. The Morgan fingerprint density at radius 3 is 3.00 bits per heavy atom. The number of nitrogens with one attached hydrogen (secondary N) is 1. The molecule has 0 unspecified atom stereocenters. The third-order valence-corrected chi connectivity index (χ3v) is 2.41. The molecule has 0 amide bonds. The number of rotatable bonds is 5. The molecule has 0 fully saturated rings. The number of hydrogen-bond donors (Lipinski definition) is 2. The maximum atomic E-state index is 5.83. The summed E-state index contributed by atoms with van der Waals surface area (Å²) in [7, 11) is 0. The van der Waals surface area contributed by atoms with Crippen LogP contribution in [-0.4, -0.2) is 15.1 Å². The van der Waals surface area contributed by atoms with Gasteiger partial charge in [0.05, 0.1) is 6.54 Å². The van der Waals surface area contributed by atoms with Crippen LogP contribution in [0.1, 0.15) is 24.6 Å². The normalized spacial score (nSPS) is 10.4. The smallest absolute Gasteiger partial charge is 0.135 e. The lowest BCUT2D eigenvalue weighted by atomic mass is 10.1. The number of anilines is 2. The van der Waals surface area contributed by atoms with Gasteiger partial charge in [-0.2, -0.15) is 0 Å². The molecule has 2 aromatic rings. The van der Waals surface area contributed by atoms with Crippen molar-refractivity contribution in [1.82, 2.24) is 15.1 Å². The van der Waals surface area contributed by atoms with Crippen LogP contribution < -0.4 is 11.1 Å². The van der Waals surface area contributed by atoms with E-state index in [1.165, 1.54) is 12.6 Å². The number of nitrogens with two attached hydrogens (primary N) is 1. The van der Waals surface area contributed by atoms with Crippen LogP contribution in [0.2, 0.25) is 0 Å². The van der Waals surface area contributed by atoms with Gasteiger partial charge in [-0.25, -0.2) is 9.97 Å². The first kappa shape index (κ1) is 11.4. The highest BCUT2D eigenvalue weighted by Gasteiger charge is 2.08. The highest BCUT2D eigenvalue weighted by atomic mass is 16.5. The van der Waals surface area contributed by atoms with E-state index in [1.807, 2.05) is 0 Å². The molecule has 90 valence electrons. The van der Waals surface area contributed by atoms with Crippen molar-refractivity contribution in [1.29, 1.82) is 0 Å². The van der Waals surface area contributed by atoms with Crippen LogP contribution in [0.3, 0.4) is 0 Å². The van der Waals surface area contributed by atoms with Crippen LogP contribution in [0, 0.1) is 0 Å². The second-order valence-corrected chi connectivity index (χ2v) is 3.68. The molecular weight excluding hydrogens is 218 g/mol. The van der Waals surface area contributed by atoms with E-state index in [1.54, 1.807) is 6.07 Å². The lowest BCUT2D eigenvalue weighted by molar-refractivity contribution is 0.412. The average molecular weight is 233 g/mol. The molecule has 0 aliphatic rings. The van der Waals surface area contributed by atoms with Gasteiger partial charge < -0.3 is 15.6 Å². The summed E-state index contributed by atoms with van der Waals surface area (Å²) >= 11 is 0. The van der Waals surface area contributed by atoms with Crippen molar-refractivity contribution >= 4 is 11.6 Å². The molecule has 2 aromatic heterocycles. The molecular formula is C11H15N5O. The zero-order valence-corrected chi connectivity index (χ0v) is 9.68. The van der Waals surface area contributed by atoms with Crippen molar-refractivity contribution in [3.63, 3.8) is 0 Å². The van der Waals surface area contributed by atoms with Gasteiger partial charge in [-0.05, 0) is 6.42 Å². The number of hydrogen-bond acceptors (Lipinski definition) is 6. The predicted octanol–water partition coefficient (Wildman–Crippen LogP) is 1.61. The van der Waals surface area contributed by atoms with Gasteiger partial charge in [-0.3, -0.25) is 0 Å². The number of nitrogen functional groups attached to an aromatic ring is 1. The first-order valence-corrected chi connectivity index (χ1v) is 5.53. The molecule has 3 N–H and O–H groups in total. The highest BCUT2D eigenvalue weighted by molar-refractivity contribution is 5.54. The number of nitrogens with zero attached hydrogens (tertiary/aromatic N) is 3. The summed E-state index contributed by atoms with van der Waals surface area (Å²) in [5.74, 6) is 1.30. The summed E-state index contributed by atoms with van der Waals surface area (Å²) in [4.78, 5) is 8.19. The van der Waals surface area contributed by atoms with Gasteiger partial charge in [0.15, 0.2) is 0 Å². The molecule has 0 radical (unpaired) electrons. The molecule has 17 heavy (non-hydrogen) atoms. The lowest BCUT2D eigenvalue weighted by Crippen LogP contribution is -2.08. The third-order valence-electron chi connectivity index (χ3n) is 2.41. The van der Waals surface area contributed by atoms with Crippen molar-refractivity contribution in [2.75, 3.05) is 11.1 Å². The Labute approximate surface area is 99.2 Å². The molecule has 0 aromatic carbocycles. The van der Waals surface area contributed by atoms with Crippen molar-refractivity contribution in [2.45, 2.75) is 26.3 Å². The highest BCUT2D eigenvalue weighted by Crippen LogP contribution is 2.19. The molecule has 0 aliphatic heterocycles. The Hall–Kier alpha value is -2.11. The maximum absolute atomic E-state index is 5.83. The van der Waals surface area contributed by atoms with E-state index in [9.17, 15) is 0 Å². The van der Waals surface area contributed by atoms with Crippen LogP contribution >= 0.6 is 0 Å². The Balaban J connectivity index is 2.11. The van der Waals surface area contributed by atoms with Crippen LogP contribution in [0.15, 0.2) is 23.2 Å². The Morgan fingerprint density at radius 2 is 2.29 bits per heavy atom. The first-order valence-electron chi connectivity index (χ1n) is 5.53. The molecule has 2 heterocycles. The molecule has 2 rings (SSSR count). The minimum Gasteiger partial charge on any atom is -0.383 e. The van der Waals surface area contributed by atoms with E-state index in [4.69, 9.17) is 10.3 Å². The second-order valence-electron chi connectivity index (χ2n) is 3.68. The average Bonchev–Trinajstić information content (AvgIpc) is 2.83. The first-order chi connectivity index (χ1) is 8.31. The summed E-state index contributed by atoms with van der Waals surface area (Å²) in [5, 5.41) is 7.00. The molecule has 0 aliphatic carbocycles. The molecule has 0 saturated carbocycles. The zero-order chi connectivity index (χ0) is 12.1. The molecule has 0 spiro atoms. The fourth-order valence-corrected chi connectivity index (χ4v) is 1.58. The van der Waals surface area contributed by atoms with Crippen molar-refractivity contribution < 1.29 is 4.52 Å². The summed E-state index contributed by atoms with van der Waals surface area (Å²) in [6.07, 6.45) is 4.85. The predicted molar refractivity (Wildman–Crippen MR) is 64.3 cm³/mol. The van der Waals surface area contributed by atoms with E-state index in [0.717, 1.165) is 29.9 Å². The molecule has 0 saturated heterocycles. The molecule has 0 bridgehead atoms. The van der Waals surface area contributed by atoms with Gasteiger partial charge in [0, 0.05) is 11.6 Å². The Bertz CT molecular complexity index is 469. The summed E-state index contributed by atoms with van der Waals surface area (Å²) in [6, 6.07) is 1.80. The van der Waals surface area contributed by atoms with Crippen molar-refractivity contribution in [2.24, 2.45) is 0 Å². The molecule has 6 nitrogen and oxygen atoms in total.